The first-order valence-corrected chi connectivity index (χ1v) is 7.96. The first kappa shape index (κ1) is 18.8. The largest absolute Gasteiger partial charge is 0.416 e. The van der Waals surface area contributed by atoms with E-state index in [2.05, 4.69) is 20.7 Å². The summed E-state index contributed by atoms with van der Waals surface area (Å²) in [5.74, 6) is 0.617. The van der Waals surface area contributed by atoms with Gasteiger partial charge in [-0.1, -0.05) is 12.1 Å². The number of rotatable bonds is 6. The van der Waals surface area contributed by atoms with Gasteiger partial charge in [-0.3, -0.25) is 9.67 Å². The molecule has 2 rings (SSSR count). The summed E-state index contributed by atoms with van der Waals surface area (Å²) in [6, 6.07) is 5.10. The van der Waals surface area contributed by atoms with Gasteiger partial charge in [0.25, 0.3) is 0 Å². The Morgan fingerprint density at radius 2 is 1.88 bits per heavy atom. The van der Waals surface area contributed by atoms with Crippen LogP contribution in [0, 0.1) is 0 Å². The van der Waals surface area contributed by atoms with Crippen LogP contribution in [0.5, 0.6) is 0 Å². The summed E-state index contributed by atoms with van der Waals surface area (Å²) in [7, 11) is 3.54. The fourth-order valence-electron chi connectivity index (χ4n) is 2.32. The highest BCUT2D eigenvalue weighted by Gasteiger charge is 2.29. The van der Waals surface area contributed by atoms with Crippen LogP contribution in [0.25, 0.3) is 0 Å². The summed E-state index contributed by atoms with van der Waals surface area (Å²) in [6.45, 7) is 1.14. The van der Waals surface area contributed by atoms with E-state index in [9.17, 15) is 13.2 Å². The van der Waals surface area contributed by atoms with Gasteiger partial charge in [-0.2, -0.15) is 18.3 Å². The zero-order valence-electron chi connectivity index (χ0n) is 14.3. The Labute approximate surface area is 145 Å². The van der Waals surface area contributed by atoms with Gasteiger partial charge in [0, 0.05) is 33.4 Å². The topological polar surface area (TPSA) is 54.2 Å². The molecule has 0 aliphatic heterocycles. The first-order valence-electron chi connectivity index (χ1n) is 7.96. The third kappa shape index (κ3) is 6.13. The molecule has 8 heteroatoms. The maximum Gasteiger partial charge on any atom is 0.416 e. The van der Waals surface area contributed by atoms with Crippen LogP contribution < -0.4 is 10.6 Å². The van der Waals surface area contributed by atoms with E-state index in [1.807, 2.05) is 19.4 Å². The number of aromatic nitrogens is 2. The van der Waals surface area contributed by atoms with Gasteiger partial charge in [0.15, 0.2) is 5.96 Å². The number of nitrogens with zero attached hydrogens (tertiary/aromatic N) is 3. The van der Waals surface area contributed by atoms with Gasteiger partial charge in [0.1, 0.15) is 0 Å². The van der Waals surface area contributed by atoms with Crippen LogP contribution in [0.2, 0.25) is 0 Å². The maximum atomic E-state index is 12.5. The van der Waals surface area contributed by atoms with Crippen molar-refractivity contribution >= 4 is 5.96 Å². The lowest BCUT2D eigenvalue weighted by atomic mass is 10.1. The molecule has 0 fully saturated rings. The van der Waals surface area contributed by atoms with E-state index in [0.29, 0.717) is 12.5 Å². The minimum atomic E-state index is -4.31. The Balaban J connectivity index is 1.72. The van der Waals surface area contributed by atoms with E-state index in [-0.39, 0.29) is 0 Å². The molecule has 0 aliphatic rings. The monoisotopic (exact) mass is 353 g/mol. The number of hydrogen-bond acceptors (Lipinski definition) is 2. The van der Waals surface area contributed by atoms with Crippen LogP contribution in [0.4, 0.5) is 13.2 Å². The van der Waals surface area contributed by atoms with Gasteiger partial charge < -0.3 is 10.6 Å². The summed E-state index contributed by atoms with van der Waals surface area (Å²) in [4.78, 5) is 4.11. The molecule has 1 heterocycles. The molecule has 136 valence electrons. The van der Waals surface area contributed by atoms with Crippen molar-refractivity contribution in [2.75, 3.05) is 13.6 Å². The molecule has 2 N–H and O–H groups in total. The quantitative estimate of drug-likeness (QED) is 0.477. The molecule has 0 radical (unpaired) electrons. The van der Waals surface area contributed by atoms with Crippen molar-refractivity contribution in [3.63, 3.8) is 0 Å². The molecular formula is C17H22F3N5. The summed E-state index contributed by atoms with van der Waals surface area (Å²) in [6.07, 6.45) is 1.36. The van der Waals surface area contributed by atoms with E-state index in [1.54, 1.807) is 11.7 Å². The second-order valence-electron chi connectivity index (χ2n) is 5.67. The first-order chi connectivity index (χ1) is 11.9. The number of halogens is 3. The van der Waals surface area contributed by atoms with Gasteiger partial charge in [-0.25, -0.2) is 0 Å². The lowest BCUT2D eigenvalue weighted by molar-refractivity contribution is -0.137. The van der Waals surface area contributed by atoms with E-state index in [1.165, 1.54) is 17.7 Å². The Bertz CT molecular complexity index is 689. The minimum Gasteiger partial charge on any atom is -0.356 e. The van der Waals surface area contributed by atoms with Crippen molar-refractivity contribution in [2.45, 2.75) is 25.6 Å². The standard InChI is InChI=1S/C17H22F3N5/c1-21-16(22-9-3-4-14-11-24-25(2)12-14)23-10-13-5-7-15(8-6-13)17(18,19)20/h5-8,11-12H,3-4,9-10H2,1-2H3,(H2,21,22,23). The van der Waals surface area contributed by atoms with Crippen molar-refractivity contribution < 1.29 is 13.2 Å². The predicted octanol–water partition coefficient (Wildman–Crippen LogP) is 2.74. The molecule has 5 nitrogen and oxygen atoms in total. The highest BCUT2D eigenvalue weighted by atomic mass is 19.4. The SMILES string of the molecule is CN=C(NCCCc1cnn(C)c1)NCc1ccc(C(F)(F)F)cc1. The molecule has 1 aromatic carbocycles. The maximum absolute atomic E-state index is 12.5. The van der Waals surface area contributed by atoms with Gasteiger partial charge in [0.05, 0.1) is 11.8 Å². The molecule has 2 aromatic rings. The van der Waals surface area contributed by atoms with Crippen molar-refractivity contribution in [1.29, 1.82) is 0 Å². The molecule has 0 amide bonds. The van der Waals surface area contributed by atoms with Gasteiger partial charge in [-0.15, -0.1) is 0 Å². The van der Waals surface area contributed by atoms with Crippen LogP contribution >= 0.6 is 0 Å². The third-order valence-electron chi connectivity index (χ3n) is 3.66. The number of aliphatic imine (C=N–C) groups is 1. The zero-order chi connectivity index (χ0) is 18.3. The van der Waals surface area contributed by atoms with Gasteiger partial charge >= 0.3 is 6.18 Å². The normalized spacial score (nSPS) is 12.3. The third-order valence-corrected chi connectivity index (χ3v) is 3.66. The highest BCUT2D eigenvalue weighted by Crippen LogP contribution is 2.28. The molecule has 0 bridgehead atoms. The van der Waals surface area contributed by atoms with E-state index < -0.39 is 11.7 Å². The molecule has 0 aliphatic carbocycles. The van der Waals surface area contributed by atoms with Gasteiger partial charge in [0.2, 0.25) is 0 Å². The van der Waals surface area contributed by atoms with Crippen LogP contribution in [-0.2, 0) is 26.2 Å². The molecule has 1 aromatic heterocycles. The average Bonchev–Trinajstić information content (AvgIpc) is 2.99. The van der Waals surface area contributed by atoms with Crippen molar-refractivity contribution in [1.82, 2.24) is 20.4 Å². The van der Waals surface area contributed by atoms with E-state index >= 15 is 0 Å². The fourth-order valence-corrected chi connectivity index (χ4v) is 2.32. The molecule has 0 atom stereocenters. The van der Waals surface area contributed by atoms with Crippen LogP contribution in [0.1, 0.15) is 23.1 Å². The fraction of sp³-hybridized carbons (Fsp3) is 0.412. The zero-order valence-corrected chi connectivity index (χ0v) is 14.3. The second kappa shape index (κ2) is 8.55. The smallest absolute Gasteiger partial charge is 0.356 e. The summed E-state index contributed by atoms with van der Waals surface area (Å²) in [5, 5.41) is 10.4. The molecular weight excluding hydrogens is 331 g/mol. The minimum absolute atomic E-state index is 0.403. The number of guanidine groups is 1. The number of hydrogen-bond donors (Lipinski definition) is 2. The van der Waals surface area contributed by atoms with Crippen LogP contribution in [0.3, 0.4) is 0 Å². The lowest BCUT2D eigenvalue weighted by Crippen LogP contribution is -2.37. The van der Waals surface area contributed by atoms with E-state index in [4.69, 9.17) is 0 Å². The Kier molecular flexibility index (Phi) is 6.44. The number of aryl methyl sites for hydroxylation is 2. The lowest BCUT2D eigenvalue weighted by Gasteiger charge is -2.12. The molecule has 25 heavy (non-hydrogen) atoms. The Morgan fingerprint density at radius 3 is 2.44 bits per heavy atom. The molecule has 0 unspecified atom stereocenters. The summed E-state index contributed by atoms with van der Waals surface area (Å²) < 4.78 is 39.4. The van der Waals surface area contributed by atoms with Crippen LogP contribution in [0.15, 0.2) is 41.7 Å². The molecule has 0 spiro atoms. The van der Waals surface area contributed by atoms with Gasteiger partial charge in [-0.05, 0) is 36.1 Å². The van der Waals surface area contributed by atoms with Crippen molar-refractivity contribution in [3.05, 3.63) is 53.3 Å². The summed E-state index contributed by atoms with van der Waals surface area (Å²) >= 11 is 0. The summed E-state index contributed by atoms with van der Waals surface area (Å²) in [5.41, 5.74) is 1.29. The second-order valence-corrected chi connectivity index (χ2v) is 5.67. The van der Waals surface area contributed by atoms with E-state index in [0.717, 1.165) is 37.1 Å². The number of alkyl halides is 3. The van der Waals surface area contributed by atoms with Crippen molar-refractivity contribution in [3.8, 4) is 0 Å². The molecule has 0 saturated carbocycles. The molecule has 0 saturated heterocycles. The van der Waals surface area contributed by atoms with Crippen molar-refractivity contribution in [2.24, 2.45) is 12.0 Å². The predicted molar refractivity (Wildman–Crippen MR) is 91.2 cm³/mol. The number of nitrogens with one attached hydrogen (secondary N) is 2. The average molecular weight is 353 g/mol. The van der Waals surface area contributed by atoms with Crippen LogP contribution in [-0.4, -0.2) is 29.3 Å². The Hall–Kier alpha value is -2.51. The Morgan fingerprint density at radius 1 is 1.16 bits per heavy atom. The number of benzene rings is 1. The highest BCUT2D eigenvalue weighted by molar-refractivity contribution is 5.79.